The molecular weight excluding hydrogens is 784 g/mol. The van der Waals surface area contributed by atoms with E-state index >= 15 is 0 Å². The molecule has 13 rings (SSSR count). The van der Waals surface area contributed by atoms with E-state index in [0.717, 1.165) is 37.2 Å². The fourth-order valence-corrected chi connectivity index (χ4v) is 13.4. The Morgan fingerprint density at radius 1 is 0.708 bits per heavy atom. The zero-order valence-electron chi connectivity index (χ0n) is 37.6. The van der Waals surface area contributed by atoms with E-state index in [9.17, 15) is 0 Å². The Kier molecular flexibility index (Phi) is 8.93. The Balaban J connectivity index is 1.03. The first kappa shape index (κ1) is 38.8. The highest BCUT2D eigenvalue weighted by Crippen LogP contribution is 2.67. The third-order valence-electron chi connectivity index (χ3n) is 16.3. The molecule has 1 heterocycles. The zero-order valence-corrected chi connectivity index (χ0v) is 37.6. The number of ether oxygens (including phenoxy) is 1. The summed E-state index contributed by atoms with van der Waals surface area (Å²) in [7, 11) is 0. The second-order valence-corrected chi connectivity index (χ2v) is 19.7. The third-order valence-corrected chi connectivity index (χ3v) is 16.3. The average Bonchev–Trinajstić information content (AvgIpc) is 3.43. The summed E-state index contributed by atoms with van der Waals surface area (Å²) in [5, 5.41) is 2.61. The maximum absolute atomic E-state index is 7.49. The fourth-order valence-electron chi connectivity index (χ4n) is 13.4. The molecule has 2 heteroatoms. The first-order valence-corrected chi connectivity index (χ1v) is 24.1. The summed E-state index contributed by atoms with van der Waals surface area (Å²) >= 11 is 0. The Morgan fingerprint density at radius 2 is 1.55 bits per heavy atom. The second-order valence-electron chi connectivity index (χ2n) is 19.7. The van der Waals surface area contributed by atoms with Crippen molar-refractivity contribution in [1.82, 2.24) is 0 Å². The van der Waals surface area contributed by atoms with Crippen LogP contribution in [0, 0.1) is 37.5 Å². The molecular formula is C63H53BO. The first-order chi connectivity index (χ1) is 32.0. The van der Waals surface area contributed by atoms with E-state index in [2.05, 4.69) is 209 Å². The normalized spacial score (nSPS) is 26.3. The number of rotatable bonds is 4. The van der Waals surface area contributed by atoms with Gasteiger partial charge in [-0.05, 0) is 101 Å². The van der Waals surface area contributed by atoms with Crippen molar-refractivity contribution in [1.29, 1.82) is 0 Å². The Labute approximate surface area is 384 Å². The number of fused-ring (bicyclic) bond motifs is 13. The summed E-state index contributed by atoms with van der Waals surface area (Å²) in [6.07, 6.45) is 40.0. The van der Waals surface area contributed by atoms with Crippen LogP contribution < -0.4 is 16.4 Å². The molecule has 0 saturated carbocycles. The monoisotopic (exact) mass is 836 g/mol. The third kappa shape index (κ3) is 5.72. The minimum Gasteiger partial charge on any atom is -0.460 e. The van der Waals surface area contributed by atoms with Gasteiger partial charge in [0.25, 0.3) is 0 Å². The first-order valence-electron chi connectivity index (χ1n) is 24.1. The van der Waals surface area contributed by atoms with Crippen molar-refractivity contribution in [3.63, 3.8) is 0 Å². The maximum atomic E-state index is 7.49. The fraction of sp³-hybridized carbons (Fsp3) is 0.206. The molecule has 0 radical (unpaired) electrons. The van der Waals surface area contributed by atoms with Gasteiger partial charge in [0.05, 0.1) is 5.41 Å². The number of benzene rings is 5. The molecule has 7 aliphatic carbocycles. The number of hydrogen-bond donors (Lipinski definition) is 0. The minimum atomic E-state index is -0.447. The van der Waals surface area contributed by atoms with Crippen molar-refractivity contribution < 1.29 is 4.74 Å². The zero-order chi connectivity index (χ0) is 43.4. The van der Waals surface area contributed by atoms with Gasteiger partial charge >= 0.3 is 0 Å². The van der Waals surface area contributed by atoms with Crippen LogP contribution in [0.3, 0.4) is 0 Å². The average molecular weight is 837 g/mol. The summed E-state index contributed by atoms with van der Waals surface area (Å²) in [6.45, 7) is 7.07. The van der Waals surface area contributed by atoms with Crippen LogP contribution in [0.25, 0.3) is 28.5 Å². The molecule has 0 N–H and O–H groups in total. The highest BCUT2D eigenvalue weighted by atomic mass is 16.5. The van der Waals surface area contributed by atoms with E-state index in [1.807, 2.05) is 0 Å². The number of aryl methyl sites for hydroxylation is 2. The molecule has 8 aliphatic rings. The lowest BCUT2D eigenvalue weighted by Crippen LogP contribution is -2.55. The van der Waals surface area contributed by atoms with Crippen LogP contribution in [-0.2, 0) is 10.2 Å². The van der Waals surface area contributed by atoms with Crippen LogP contribution in [0.5, 0.6) is 0 Å². The molecule has 1 spiro atoms. The van der Waals surface area contributed by atoms with E-state index in [1.165, 1.54) is 94.0 Å². The van der Waals surface area contributed by atoms with Crippen LogP contribution in [0.1, 0.15) is 77.5 Å². The van der Waals surface area contributed by atoms with Gasteiger partial charge in [-0.15, -0.1) is 0 Å². The van der Waals surface area contributed by atoms with Gasteiger partial charge in [0.15, 0.2) is 0 Å². The predicted octanol–water partition coefficient (Wildman–Crippen LogP) is 13.2. The van der Waals surface area contributed by atoms with Crippen molar-refractivity contribution in [2.24, 2.45) is 23.7 Å². The van der Waals surface area contributed by atoms with E-state index < -0.39 is 5.41 Å². The summed E-state index contributed by atoms with van der Waals surface area (Å²) in [5.41, 5.74) is 20.1. The van der Waals surface area contributed by atoms with Crippen molar-refractivity contribution in [3.05, 3.63) is 249 Å². The second kappa shape index (κ2) is 15.0. The molecule has 1 nitrogen and oxygen atoms in total. The summed E-state index contributed by atoms with van der Waals surface area (Å²) in [6, 6.07) is 37.3. The molecule has 1 aliphatic heterocycles. The molecule has 0 aromatic heterocycles. The number of allylic oxidation sites excluding steroid dienone is 18. The molecule has 0 bridgehead atoms. The van der Waals surface area contributed by atoms with Crippen LogP contribution in [0.4, 0.5) is 0 Å². The van der Waals surface area contributed by atoms with E-state index in [4.69, 9.17) is 4.74 Å². The Bertz CT molecular complexity index is 3260. The molecule has 0 fully saturated rings. The molecule has 5 aromatic carbocycles. The predicted molar refractivity (Wildman–Crippen MR) is 274 cm³/mol. The topological polar surface area (TPSA) is 9.23 Å². The van der Waals surface area contributed by atoms with Gasteiger partial charge < -0.3 is 4.74 Å². The van der Waals surface area contributed by atoms with Crippen LogP contribution in [0.2, 0.25) is 0 Å². The van der Waals surface area contributed by atoms with Gasteiger partial charge in [-0.2, -0.15) is 0 Å². The smallest absolute Gasteiger partial charge is 0.243 e. The highest BCUT2D eigenvalue weighted by molar-refractivity contribution is 6.97. The van der Waals surface area contributed by atoms with Crippen LogP contribution >= 0.6 is 0 Å². The molecule has 5 aromatic rings. The largest absolute Gasteiger partial charge is 0.460 e. The summed E-state index contributed by atoms with van der Waals surface area (Å²) < 4.78 is 7.49. The van der Waals surface area contributed by atoms with E-state index in [1.54, 1.807) is 0 Å². The van der Waals surface area contributed by atoms with Crippen molar-refractivity contribution >= 4 is 51.6 Å². The van der Waals surface area contributed by atoms with Gasteiger partial charge in [-0.3, -0.25) is 0 Å². The molecule has 314 valence electrons. The molecule has 0 saturated heterocycles. The van der Waals surface area contributed by atoms with Gasteiger partial charge in [-0.1, -0.05) is 223 Å². The molecule has 0 amide bonds. The van der Waals surface area contributed by atoms with Gasteiger partial charge in [-0.25, -0.2) is 0 Å². The Hall–Kier alpha value is -6.64. The number of hydrogen-bond acceptors (Lipinski definition) is 1. The minimum absolute atomic E-state index is 0.0287. The maximum Gasteiger partial charge on any atom is 0.243 e. The van der Waals surface area contributed by atoms with Crippen LogP contribution in [0.15, 0.2) is 210 Å². The van der Waals surface area contributed by atoms with Crippen molar-refractivity contribution in [2.75, 3.05) is 0 Å². The van der Waals surface area contributed by atoms with E-state index in [-0.39, 0.29) is 24.5 Å². The molecule has 65 heavy (non-hydrogen) atoms. The quantitative estimate of drug-likeness (QED) is 0.129. The molecule has 5 unspecified atom stereocenters. The molecule has 6 atom stereocenters. The SMILES string of the molecule is Cc1ccc2c(c1B(c1cccc(C3=CCC4C(=C3)[C@@]3(C5=CCC6C=CCC(C)C6=C5OC5=C3C=CC3C=CC=CC53)c3ccccc34)c1)c1c(C)ccc3ccccc13)C=CCC=C2. The lowest BCUT2D eigenvalue weighted by Gasteiger charge is -2.49. The van der Waals surface area contributed by atoms with Gasteiger partial charge in [0.1, 0.15) is 11.5 Å². The van der Waals surface area contributed by atoms with E-state index in [0.29, 0.717) is 11.8 Å². The van der Waals surface area contributed by atoms with Crippen molar-refractivity contribution in [2.45, 2.75) is 57.8 Å². The van der Waals surface area contributed by atoms with Gasteiger partial charge in [0.2, 0.25) is 6.71 Å². The lowest BCUT2D eigenvalue weighted by molar-refractivity contribution is 0.219. The lowest BCUT2D eigenvalue weighted by atomic mass is 9.34. The summed E-state index contributed by atoms with van der Waals surface area (Å²) in [5.74, 6) is 3.83. The van der Waals surface area contributed by atoms with Crippen molar-refractivity contribution in [3.8, 4) is 0 Å². The van der Waals surface area contributed by atoms with Gasteiger partial charge in [0, 0.05) is 34.8 Å². The highest BCUT2D eigenvalue weighted by Gasteiger charge is 2.59. The van der Waals surface area contributed by atoms with Crippen LogP contribution in [-0.4, -0.2) is 6.71 Å². The Morgan fingerprint density at radius 3 is 2.51 bits per heavy atom. The standard InChI is InChI=1S/C63H53BO/c1-39-15-13-19-45-33-36-56-62(58(39)45)65-61-51-24-10-8-18-44(51)32-35-55(61)63(56)54-26-12-11-25-52(54)53-34-31-47(38-57(53)63)46-20-14-21-48(37-46)64(60-41(3)28-30-43-17-7-9-23-50(43)60)59-40(2)27-29-42-16-5-4-6-22-49(42)59/h5-14,16-32,35-39,44-45,51,53H,4,15,33-34H2,1-3H3/t39?,44?,45?,51?,53?,63-/m0/s1. The summed E-state index contributed by atoms with van der Waals surface area (Å²) in [4.78, 5) is 0.